The topological polar surface area (TPSA) is 113 Å². The van der Waals surface area contributed by atoms with Gasteiger partial charge in [0.1, 0.15) is 6.04 Å². The van der Waals surface area contributed by atoms with Crippen molar-refractivity contribution >= 4 is 11.9 Å². The van der Waals surface area contributed by atoms with Crippen LogP contribution >= 0.6 is 0 Å². The maximum atomic E-state index is 11.7. The molecule has 106 valence electrons. The fourth-order valence-electron chi connectivity index (χ4n) is 1.83. The van der Waals surface area contributed by atoms with E-state index in [1.165, 1.54) is 0 Å². The fourth-order valence-corrected chi connectivity index (χ4v) is 1.83. The minimum absolute atomic E-state index is 0.0124. The highest BCUT2D eigenvalue weighted by Crippen LogP contribution is 2.14. The molecule has 5 N–H and O–H groups in total. The Labute approximate surface area is 108 Å². The Morgan fingerprint density at radius 3 is 2.33 bits per heavy atom. The number of carboxylic acids is 1. The molecule has 1 unspecified atom stereocenters. The lowest BCUT2D eigenvalue weighted by atomic mass is 9.94. The van der Waals surface area contributed by atoms with Crippen LogP contribution in [0.4, 0.5) is 0 Å². The Hall–Kier alpha value is -1.14. The lowest BCUT2D eigenvalue weighted by Gasteiger charge is -2.18. The maximum Gasteiger partial charge on any atom is 0.326 e. The summed E-state index contributed by atoms with van der Waals surface area (Å²) in [6.07, 6.45) is 1.07. The van der Waals surface area contributed by atoms with Crippen LogP contribution in [0, 0.1) is 11.8 Å². The zero-order chi connectivity index (χ0) is 14.1. The van der Waals surface area contributed by atoms with Gasteiger partial charge >= 0.3 is 5.97 Å². The second-order valence-electron chi connectivity index (χ2n) is 4.91. The molecule has 0 aliphatic heterocycles. The van der Waals surface area contributed by atoms with E-state index < -0.39 is 12.0 Å². The van der Waals surface area contributed by atoms with Gasteiger partial charge in [-0.25, -0.2) is 4.79 Å². The molecule has 0 saturated carbocycles. The average Bonchev–Trinajstić information content (AvgIpc) is 2.26. The third kappa shape index (κ3) is 7.24. The van der Waals surface area contributed by atoms with Crippen molar-refractivity contribution in [3.63, 3.8) is 0 Å². The lowest BCUT2D eigenvalue weighted by molar-refractivity contribution is -0.142. The zero-order valence-corrected chi connectivity index (χ0v) is 11.1. The van der Waals surface area contributed by atoms with Gasteiger partial charge in [0.25, 0.3) is 0 Å². The molecule has 0 aromatic heterocycles. The molecular formula is C12H24N2O4. The number of hydrogen-bond donors (Lipinski definition) is 4. The molecule has 6 heteroatoms. The number of aliphatic hydroxyl groups is 1. The Morgan fingerprint density at radius 2 is 1.94 bits per heavy atom. The van der Waals surface area contributed by atoms with Crippen LogP contribution in [0.15, 0.2) is 0 Å². The number of carboxylic acid groups (broad SMARTS) is 1. The van der Waals surface area contributed by atoms with Crippen molar-refractivity contribution < 1.29 is 19.8 Å². The maximum absolute atomic E-state index is 11.7. The van der Waals surface area contributed by atoms with E-state index in [1.807, 2.05) is 13.8 Å². The lowest BCUT2D eigenvalue weighted by Crippen LogP contribution is -2.42. The molecule has 0 aliphatic carbocycles. The molecule has 0 aromatic carbocycles. The summed E-state index contributed by atoms with van der Waals surface area (Å²) in [6, 6.07) is -1.03. The van der Waals surface area contributed by atoms with Gasteiger partial charge in [-0.05, 0) is 24.8 Å². The van der Waals surface area contributed by atoms with Gasteiger partial charge < -0.3 is 21.3 Å². The van der Waals surface area contributed by atoms with E-state index in [-0.39, 0.29) is 31.3 Å². The molecule has 0 spiro atoms. The third-order valence-corrected chi connectivity index (χ3v) is 2.66. The van der Waals surface area contributed by atoms with Crippen LogP contribution in [0.3, 0.4) is 0 Å². The highest BCUT2D eigenvalue weighted by molar-refractivity contribution is 5.83. The number of hydrogen-bond acceptors (Lipinski definition) is 4. The molecule has 0 bridgehead atoms. The van der Waals surface area contributed by atoms with Crippen LogP contribution in [0.2, 0.25) is 0 Å². The van der Waals surface area contributed by atoms with Crippen LogP contribution in [0.5, 0.6) is 0 Å². The SMILES string of the molecule is CC(C)CC(CN)CC(=O)N[C@@H](CCO)C(=O)O. The molecule has 2 atom stereocenters. The fraction of sp³-hybridized carbons (Fsp3) is 0.833. The van der Waals surface area contributed by atoms with Gasteiger partial charge in [-0.3, -0.25) is 4.79 Å². The predicted molar refractivity (Wildman–Crippen MR) is 67.9 cm³/mol. The number of nitrogens with one attached hydrogen (secondary N) is 1. The van der Waals surface area contributed by atoms with Crippen molar-refractivity contribution in [1.29, 1.82) is 0 Å². The van der Waals surface area contributed by atoms with Crippen molar-refractivity contribution in [2.75, 3.05) is 13.2 Å². The van der Waals surface area contributed by atoms with Gasteiger partial charge in [-0.2, -0.15) is 0 Å². The van der Waals surface area contributed by atoms with E-state index in [9.17, 15) is 9.59 Å². The first-order valence-electron chi connectivity index (χ1n) is 6.23. The smallest absolute Gasteiger partial charge is 0.326 e. The van der Waals surface area contributed by atoms with E-state index in [4.69, 9.17) is 15.9 Å². The number of aliphatic hydroxyl groups excluding tert-OH is 1. The molecule has 1 amide bonds. The number of carbonyl (C=O) groups is 2. The van der Waals surface area contributed by atoms with Gasteiger partial charge in [-0.15, -0.1) is 0 Å². The number of nitrogens with two attached hydrogens (primary N) is 1. The van der Waals surface area contributed by atoms with Gasteiger partial charge in [-0.1, -0.05) is 13.8 Å². The van der Waals surface area contributed by atoms with E-state index in [0.717, 1.165) is 6.42 Å². The summed E-state index contributed by atoms with van der Waals surface area (Å²) in [5.41, 5.74) is 5.58. The molecule has 0 radical (unpaired) electrons. The van der Waals surface area contributed by atoms with Crippen LogP contribution in [0.1, 0.15) is 33.1 Å². The second-order valence-corrected chi connectivity index (χ2v) is 4.91. The summed E-state index contributed by atoms with van der Waals surface area (Å²) >= 11 is 0. The molecule has 0 fully saturated rings. The quantitative estimate of drug-likeness (QED) is 0.464. The Balaban J connectivity index is 4.24. The number of carbonyl (C=O) groups excluding carboxylic acids is 1. The normalized spacial score (nSPS) is 14.3. The summed E-state index contributed by atoms with van der Waals surface area (Å²) in [5.74, 6) is -0.954. The van der Waals surface area contributed by atoms with Crippen LogP contribution in [0.25, 0.3) is 0 Å². The monoisotopic (exact) mass is 260 g/mol. The molecular weight excluding hydrogens is 236 g/mol. The summed E-state index contributed by atoms with van der Waals surface area (Å²) in [7, 11) is 0. The first-order valence-corrected chi connectivity index (χ1v) is 6.23. The van der Waals surface area contributed by atoms with Gasteiger partial charge in [0.05, 0.1) is 0 Å². The molecule has 0 saturated heterocycles. The van der Waals surface area contributed by atoms with Crippen molar-refractivity contribution in [3.8, 4) is 0 Å². The first-order chi connectivity index (χ1) is 8.40. The van der Waals surface area contributed by atoms with Crippen molar-refractivity contribution in [2.24, 2.45) is 17.6 Å². The molecule has 0 rings (SSSR count). The average molecular weight is 260 g/mol. The molecule has 6 nitrogen and oxygen atoms in total. The molecule has 0 aromatic rings. The minimum atomic E-state index is -1.13. The van der Waals surface area contributed by atoms with Crippen molar-refractivity contribution in [1.82, 2.24) is 5.32 Å². The predicted octanol–water partition coefficient (Wildman–Crippen LogP) is -0.0507. The summed E-state index contributed by atoms with van der Waals surface area (Å²) < 4.78 is 0. The minimum Gasteiger partial charge on any atom is -0.480 e. The standard InChI is InChI=1S/C12H24N2O4/c1-8(2)5-9(7-13)6-11(16)14-10(3-4-15)12(17)18/h8-10,15H,3-7,13H2,1-2H3,(H,14,16)(H,17,18)/t9?,10-/m0/s1. The van der Waals surface area contributed by atoms with E-state index >= 15 is 0 Å². The Bertz CT molecular complexity index is 269. The van der Waals surface area contributed by atoms with Crippen LogP contribution in [-0.2, 0) is 9.59 Å². The first kappa shape index (κ1) is 16.9. The largest absolute Gasteiger partial charge is 0.480 e. The molecule has 0 aliphatic rings. The molecule has 0 heterocycles. The summed E-state index contributed by atoms with van der Waals surface area (Å²) in [6.45, 7) is 4.23. The van der Waals surface area contributed by atoms with Crippen LogP contribution in [-0.4, -0.2) is 41.3 Å². The highest BCUT2D eigenvalue weighted by atomic mass is 16.4. The van der Waals surface area contributed by atoms with Gasteiger partial charge in [0.2, 0.25) is 5.91 Å². The Kier molecular flexibility index (Phi) is 8.32. The zero-order valence-electron chi connectivity index (χ0n) is 11.1. The van der Waals surface area contributed by atoms with Gasteiger partial charge in [0.15, 0.2) is 0 Å². The number of amides is 1. The summed E-state index contributed by atoms with van der Waals surface area (Å²) in [5, 5.41) is 20.0. The summed E-state index contributed by atoms with van der Waals surface area (Å²) in [4.78, 5) is 22.5. The van der Waals surface area contributed by atoms with Gasteiger partial charge in [0, 0.05) is 19.4 Å². The van der Waals surface area contributed by atoms with Crippen molar-refractivity contribution in [3.05, 3.63) is 0 Å². The molecule has 18 heavy (non-hydrogen) atoms. The third-order valence-electron chi connectivity index (χ3n) is 2.66. The van der Waals surface area contributed by atoms with Crippen LogP contribution < -0.4 is 11.1 Å². The second kappa shape index (κ2) is 8.88. The number of aliphatic carboxylic acids is 1. The highest BCUT2D eigenvalue weighted by Gasteiger charge is 2.21. The van der Waals surface area contributed by atoms with E-state index in [0.29, 0.717) is 12.5 Å². The number of rotatable bonds is 9. The Morgan fingerprint density at radius 1 is 1.33 bits per heavy atom. The van der Waals surface area contributed by atoms with E-state index in [2.05, 4.69) is 5.32 Å². The van der Waals surface area contributed by atoms with Crippen molar-refractivity contribution in [2.45, 2.75) is 39.2 Å². The van der Waals surface area contributed by atoms with E-state index in [1.54, 1.807) is 0 Å².